The lowest BCUT2D eigenvalue weighted by atomic mass is 10.3. The number of hydrogen-bond acceptors (Lipinski definition) is 6. The molecule has 0 amide bonds. The fourth-order valence-corrected chi connectivity index (χ4v) is 2.39. The summed E-state index contributed by atoms with van der Waals surface area (Å²) in [4.78, 5) is 9.27. The minimum absolute atomic E-state index is 0.730. The summed E-state index contributed by atoms with van der Waals surface area (Å²) in [5.41, 5.74) is 4.23. The minimum Gasteiger partial charge on any atom is -0.299 e. The predicted octanol–water partition coefficient (Wildman–Crippen LogP) is 0.464. The first-order valence-corrected chi connectivity index (χ1v) is 7.63. The molecule has 0 saturated carbocycles. The highest BCUT2D eigenvalue weighted by molar-refractivity contribution is 5.12. The van der Waals surface area contributed by atoms with Crippen LogP contribution in [0.4, 0.5) is 0 Å². The third-order valence-electron chi connectivity index (χ3n) is 3.45. The zero-order chi connectivity index (χ0) is 15.0. The van der Waals surface area contributed by atoms with Crippen molar-refractivity contribution in [2.45, 2.75) is 26.2 Å². The Morgan fingerprint density at radius 3 is 1.18 bits per heavy atom. The smallest absolute Gasteiger partial charge is 0.0546 e. The number of nitrogens with zero attached hydrogens (tertiary/aromatic N) is 2. The molecule has 22 heavy (non-hydrogen) atoms. The van der Waals surface area contributed by atoms with E-state index >= 15 is 0 Å². The lowest BCUT2D eigenvalue weighted by Gasteiger charge is -2.11. The van der Waals surface area contributed by atoms with E-state index in [2.05, 4.69) is 43.4 Å². The van der Waals surface area contributed by atoms with Crippen LogP contribution in [0.2, 0.25) is 0 Å². The average molecular weight is 298 g/mol. The van der Waals surface area contributed by atoms with Crippen molar-refractivity contribution in [1.82, 2.24) is 31.2 Å². The number of rotatable bonds is 0. The van der Waals surface area contributed by atoms with Gasteiger partial charge in [-0.15, -0.1) is 0 Å². The van der Waals surface area contributed by atoms with Gasteiger partial charge in [-0.3, -0.25) is 31.2 Å². The zero-order valence-corrected chi connectivity index (χ0v) is 12.6. The molecular formula is C16H22N6. The maximum Gasteiger partial charge on any atom is 0.0546 e. The summed E-state index contributed by atoms with van der Waals surface area (Å²) in [7, 11) is 0. The zero-order valence-electron chi connectivity index (χ0n) is 12.6. The molecule has 3 rings (SSSR count). The summed E-state index contributed by atoms with van der Waals surface area (Å²) in [6, 6.07) is 12.3. The molecule has 116 valence electrons. The van der Waals surface area contributed by atoms with Crippen molar-refractivity contribution in [1.29, 1.82) is 0 Å². The highest BCUT2D eigenvalue weighted by Gasteiger charge is 2.01. The van der Waals surface area contributed by atoms with Gasteiger partial charge in [-0.2, -0.15) is 0 Å². The molecule has 0 spiro atoms. The molecule has 0 aliphatic carbocycles. The third-order valence-corrected chi connectivity index (χ3v) is 3.45. The second-order valence-electron chi connectivity index (χ2n) is 5.30. The maximum atomic E-state index is 4.63. The van der Waals surface area contributed by atoms with Gasteiger partial charge in [0.05, 0.1) is 22.8 Å². The number of aromatic nitrogens is 2. The molecule has 2 aromatic heterocycles. The Morgan fingerprint density at radius 1 is 0.545 bits per heavy atom. The number of pyridine rings is 2. The quantitative estimate of drug-likeness (QED) is 0.566. The first-order chi connectivity index (χ1) is 10.9. The van der Waals surface area contributed by atoms with Gasteiger partial charge in [0, 0.05) is 39.5 Å². The van der Waals surface area contributed by atoms with Crippen LogP contribution < -0.4 is 21.3 Å². The molecular weight excluding hydrogens is 276 g/mol. The van der Waals surface area contributed by atoms with Gasteiger partial charge in [0.2, 0.25) is 0 Å². The van der Waals surface area contributed by atoms with Gasteiger partial charge in [-0.05, 0) is 24.3 Å². The van der Waals surface area contributed by atoms with Crippen molar-refractivity contribution in [3.8, 4) is 0 Å². The molecule has 0 unspecified atom stereocenters. The molecule has 6 nitrogen and oxygen atoms in total. The molecule has 0 atom stereocenters. The van der Waals surface area contributed by atoms with E-state index in [0.29, 0.717) is 0 Å². The summed E-state index contributed by atoms with van der Waals surface area (Å²) < 4.78 is 0. The van der Waals surface area contributed by atoms with Gasteiger partial charge in [0.15, 0.2) is 0 Å². The average Bonchev–Trinajstić information content (AvgIpc) is 2.54. The van der Waals surface area contributed by atoms with E-state index in [1.165, 1.54) is 0 Å². The molecule has 1 aliphatic rings. The van der Waals surface area contributed by atoms with Gasteiger partial charge in [-0.25, -0.2) is 0 Å². The normalized spacial score (nSPS) is 17.1. The molecule has 1 aliphatic heterocycles. The van der Waals surface area contributed by atoms with E-state index < -0.39 is 0 Å². The first kappa shape index (κ1) is 15.1. The van der Waals surface area contributed by atoms with E-state index in [4.69, 9.17) is 0 Å². The molecule has 4 N–H and O–H groups in total. The van der Waals surface area contributed by atoms with E-state index in [9.17, 15) is 0 Å². The summed E-state index contributed by atoms with van der Waals surface area (Å²) in [6.07, 6.45) is 0. The predicted molar refractivity (Wildman–Crippen MR) is 85.6 cm³/mol. The van der Waals surface area contributed by atoms with Gasteiger partial charge in [0.1, 0.15) is 0 Å². The van der Waals surface area contributed by atoms with Crippen molar-refractivity contribution in [2.24, 2.45) is 0 Å². The van der Waals surface area contributed by atoms with Crippen molar-refractivity contribution < 1.29 is 0 Å². The fraction of sp³-hybridized carbons (Fsp3) is 0.375. The number of hydrogen-bond donors (Lipinski definition) is 4. The summed E-state index contributed by atoms with van der Waals surface area (Å²) >= 11 is 0. The summed E-state index contributed by atoms with van der Waals surface area (Å²) in [6.45, 7) is 4.49. The lowest BCUT2D eigenvalue weighted by molar-refractivity contribution is 0.552. The van der Waals surface area contributed by atoms with Crippen LogP contribution in [-0.4, -0.2) is 23.3 Å². The topological polar surface area (TPSA) is 73.9 Å². The monoisotopic (exact) mass is 298 g/mol. The number of fused-ring (bicyclic) bond motifs is 4. The van der Waals surface area contributed by atoms with Crippen LogP contribution in [0.3, 0.4) is 0 Å². The highest BCUT2D eigenvalue weighted by Crippen LogP contribution is 2.01. The third kappa shape index (κ3) is 4.57. The molecule has 0 fully saturated rings. The first-order valence-electron chi connectivity index (χ1n) is 7.63. The van der Waals surface area contributed by atoms with Crippen LogP contribution in [-0.2, 0) is 26.2 Å². The molecule has 3 heterocycles. The van der Waals surface area contributed by atoms with Crippen LogP contribution >= 0.6 is 0 Å². The molecule has 0 radical (unpaired) electrons. The summed E-state index contributed by atoms with van der Waals surface area (Å²) in [5.74, 6) is 0. The Labute approximate surface area is 130 Å². The Balaban J connectivity index is 1.65. The number of nitrogens with one attached hydrogen (secondary N) is 4. The van der Waals surface area contributed by atoms with E-state index in [1.807, 2.05) is 24.3 Å². The Kier molecular flexibility index (Phi) is 5.44. The van der Waals surface area contributed by atoms with Crippen LogP contribution in [0.15, 0.2) is 36.4 Å². The van der Waals surface area contributed by atoms with Gasteiger partial charge in [0.25, 0.3) is 0 Å². The highest BCUT2D eigenvalue weighted by atomic mass is 15.1. The Hall–Kier alpha value is -1.86. The molecule has 6 heteroatoms. The van der Waals surface area contributed by atoms with Crippen LogP contribution in [0.5, 0.6) is 0 Å². The maximum absolute atomic E-state index is 4.63. The van der Waals surface area contributed by atoms with Crippen LogP contribution in [0.25, 0.3) is 0 Å². The lowest BCUT2D eigenvalue weighted by Crippen LogP contribution is -2.30. The fourth-order valence-electron chi connectivity index (χ4n) is 2.39. The van der Waals surface area contributed by atoms with Crippen molar-refractivity contribution >= 4 is 0 Å². The Bertz CT molecular complexity index is 505. The van der Waals surface area contributed by atoms with Gasteiger partial charge in [-0.1, -0.05) is 12.1 Å². The van der Waals surface area contributed by atoms with Crippen LogP contribution in [0, 0.1) is 0 Å². The second kappa shape index (κ2) is 7.95. The van der Waals surface area contributed by atoms with E-state index in [0.717, 1.165) is 62.3 Å². The van der Waals surface area contributed by atoms with Crippen molar-refractivity contribution in [2.75, 3.05) is 13.3 Å². The van der Waals surface area contributed by atoms with Gasteiger partial charge < -0.3 is 0 Å². The molecule has 4 bridgehead atoms. The second-order valence-corrected chi connectivity index (χ2v) is 5.30. The molecule has 2 aromatic rings. The minimum atomic E-state index is 0.730. The van der Waals surface area contributed by atoms with Crippen molar-refractivity contribution in [3.05, 3.63) is 59.2 Å². The van der Waals surface area contributed by atoms with E-state index in [-0.39, 0.29) is 0 Å². The Morgan fingerprint density at radius 2 is 0.864 bits per heavy atom. The summed E-state index contributed by atoms with van der Waals surface area (Å²) in [5, 5.41) is 13.4. The molecule has 0 saturated heterocycles. The van der Waals surface area contributed by atoms with E-state index in [1.54, 1.807) is 0 Å². The van der Waals surface area contributed by atoms with Crippen molar-refractivity contribution in [3.63, 3.8) is 0 Å². The van der Waals surface area contributed by atoms with Crippen LogP contribution in [0.1, 0.15) is 22.8 Å². The SMILES string of the molecule is c1cc2nc(c1)CNCNCc1cccc(n1)CNCNC2. The standard InChI is InChI=1S/C16H22N6/c1-3-13-7-17-11-19-9-15-5-2-6-16(22-15)10-20-12-18-8-14(4-1)21-13/h1-6,17-20H,7-12H2. The molecule has 0 aromatic carbocycles. The largest absolute Gasteiger partial charge is 0.299 e. The van der Waals surface area contributed by atoms with Gasteiger partial charge >= 0.3 is 0 Å².